The van der Waals surface area contributed by atoms with Crippen LogP contribution in [-0.2, 0) is 12.8 Å². The molecule has 1 heterocycles. The first-order chi connectivity index (χ1) is 10.1. The fraction of sp³-hybridized carbons (Fsp3) is 0.368. The van der Waals surface area contributed by atoms with Gasteiger partial charge in [0.25, 0.3) is 0 Å². The van der Waals surface area contributed by atoms with Crippen molar-refractivity contribution in [3.8, 4) is 5.75 Å². The topological polar surface area (TPSA) is 29.5 Å². The molecule has 0 saturated carbocycles. The summed E-state index contributed by atoms with van der Waals surface area (Å²) in [5, 5.41) is 10.4. The van der Waals surface area contributed by atoms with Crippen molar-refractivity contribution < 1.29 is 9.84 Å². The number of benzene rings is 2. The Balaban J connectivity index is 1.65. The SMILES string of the molecule is Cc1ccc(C(O)CCc2ccc3c(c2)CCO3)cc1C. The van der Waals surface area contributed by atoms with Gasteiger partial charge < -0.3 is 9.84 Å². The van der Waals surface area contributed by atoms with Crippen LogP contribution in [0.1, 0.15) is 40.3 Å². The molecule has 2 aromatic carbocycles. The van der Waals surface area contributed by atoms with Crippen LogP contribution in [0.25, 0.3) is 0 Å². The number of rotatable bonds is 4. The average Bonchev–Trinajstić information content (AvgIpc) is 2.95. The first-order valence-electron chi connectivity index (χ1n) is 7.63. The lowest BCUT2D eigenvalue weighted by Crippen LogP contribution is -2.01. The smallest absolute Gasteiger partial charge is 0.122 e. The van der Waals surface area contributed by atoms with Crippen molar-refractivity contribution in [2.24, 2.45) is 0 Å². The predicted octanol–water partition coefficient (Wildman–Crippen LogP) is 3.90. The first kappa shape index (κ1) is 14.2. The zero-order valence-electron chi connectivity index (χ0n) is 12.7. The van der Waals surface area contributed by atoms with Crippen LogP contribution < -0.4 is 4.74 Å². The van der Waals surface area contributed by atoms with E-state index in [4.69, 9.17) is 4.74 Å². The van der Waals surface area contributed by atoms with Gasteiger partial charge in [0.2, 0.25) is 0 Å². The van der Waals surface area contributed by atoms with E-state index in [-0.39, 0.29) is 0 Å². The van der Waals surface area contributed by atoms with Crippen LogP contribution in [0.2, 0.25) is 0 Å². The molecule has 0 aromatic heterocycles. The fourth-order valence-corrected chi connectivity index (χ4v) is 2.84. The van der Waals surface area contributed by atoms with Crippen LogP contribution >= 0.6 is 0 Å². The van der Waals surface area contributed by atoms with Crippen LogP contribution in [0.3, 0.4) is 0 Å². The zero-order chi connectivity index (χ0) is 14.8. The van der Waals surface area contributed by atoms with Crippen molar-refractivity contribution in [3.63, 3.8) is 0 Å². The Morgan fingerprint density at radius 2 is 1.95 bits per heavy atom. The van der Waals surface area contributed by atoms with Gasteiger partial charge in [0, 0.05) is 6.42 Å². The lowest BCUT2D eigenvalue weighted by molar-refractivity contribution is 0.168. The molecule has 0 saturated heterocycles. The molecule has 1 aliphatic rings. The third-order valence-electron chi connectivity index (χ3n) is 4.38. The van der Waals surface area contributed by atoms with E-state index < -0.39 is 6.10 Å². The monoisotopic (exact) mass is 282 g/mol. The molecule has 0 spiro atoms. The van der Waals surface area contributed by atoms with Gasteiger partial charge in [-0.05, 0) is 60.6 Å². The molecule has 0 aliphatic carbocycles. The number of aryl methyl sites for hydroxylation is 3. The number of hydrogen-bond acceptors (Lipinski definition) is 2. The number of aliphatic hydroxyl groups excluding tert-OH is 1. The van der Waals surface area contributed by atoms with Crippen molar-refractivity contribution in [1.29, 1.82) is 0 Å². The molecule has 110 valence electrons. The molecule has 3 rings (SSSR count). The van der Waals surface area contributed by atoms with Crippen LogP contribution in [-0.4, -0.2) is 11.7 Å². The molecule has 21 heavy (non-hydrogen) atoms. The van der Waals surface area contributed by atoms with Gasteiger partial charge >= 0.3 is 0 Å². The van der Waals surface area contributed by atoms with E-state index in [1.807, 2.05) is 6.07 Å². The number of ether oxygens (including phenoxy) is 1. The molecule has 1 aliphatic heterocycles. The standard InChI is InChI=1S/C19H22O2/c1-13-3-6-16(11-14(13)2)18(20)7-4-15-5-8-19-17(12-15)9-10-21-19/h3,5-6,8,11-12,18,20H,4,7,9-10H2,1-2H3. The van der Waals surface area contributed by atoms with E-state index in [1.54, 1.807) is 0 Å². The van der Waals surface area contributed by atoms with Crippen molar-refractivity contribution in [2.75, 3.05) is 6.61 Å². The molecule has 1 atom stereocenters. The van der Waals surface area contributed by atoms with Gasteiger partial charge in [-0.15, -0.1) is 0 Å². The summed E-state index contributed by atoms with van der Waals surface area (Å²) >= 11 is 0. The predicted molar refractivity (Wildman–Crippen MR) is 84.8 cm³/mol. The molecule has 2 heteroatoms. The molecule has 1 unspecified atom stereocenters. The number of hydrogen-bond donors (Lipinski definition) is 1. The zero-order valence-corrected chi connectivity index (χ0v) is 12.7. The Kier molecular flexibility index (Phi) is 3.98. The fourth-order valence-electron chi connectivity index (χ4n) is 2.84. The van der Waals surface area contributed by atoms with Crippen LogP contribution in [0.15, 0.2) is 36.4 Å². The highest BCUT2D eigenvalue weighted by Gasteiger charge is 2.13. The molecule has 0 fully saturated rings. The van der Waals surface area contributed by atoms with Crippen LogP contribution in [0.5, 0.6) is 5.75 Å². The lowest BCUT2D eigenvalue weighted by atomic mass is 9.97. The summed E-state index contributed by atoms with van der Waals surface area (Å²) in [6, 6.07) is 12.6. The van der Waals surface area contributed by atoms with Crippen LogP contribution in [0.4, 0.5) is 0 Å². The highest BCUT2D eigenvalue weighted by molar-refractivity contribution is 5.40. The Bertz CT molecular complexity index is 646. The summed E-state index contributed by atoms with van der Waals surface area (Å²) in [6.07, 6.45) is 2.25. The summed E-state index contributed by atoms with van der Waals surface area (Å²) in [5.74, 6) is 1.02. The molecule has 2 nitrogen and oxygen atoms in total. The van der Waals surface area contributed by atoms with Crippen molar-refractivity contribution in [1.82, 2.24) is 0 Å². The van der Waals surface area contributed by atoms with E-state index in [0.29, 0.717) is 0 Å². The van der Waals surface area contributed by atoms with E-state index in [2.05, 4.69) is 44.2 Å². The summed E-state index contributed by atoms with van der Waals surface area (Å²) in [4.78, 5) is 0. The molecular formula is C19H22O2. The Hall–Kier alpha value is -1.80. The quantitative estimate of drug-likeness (QED) is 0.921. The van der Waals surface area contributed by atoms with Gasteiger partial charge in [-0.25, -0.2) is 0 Å². The lowest BCUT2D eigenvalue weighted by Gasteiger charge is -2.13. The third kappa shape index (κ3) is 3.11. The Morgan fingerprint density at radius 3 is 2.76 bits per heavy atom. The maximum atomic E-state index is 10.4. The normalized spacial score (nSPS) is 14.6. The summed E-state index contributed by atoms with van der Waals surface area (Å²) < 4.78 is 5.52. The van der Waals surface area contributed by atoms with Crippen molar-refractivity contribution >= 4 is 0 Å². The highest BCUT2D eigenvalue weighted by Crippen LogP contribution is 2.27. The molecular weight excluding hydrogens is 260 g/mol. The van der Waals surface area contributed by atoms with Crippen LogP contribution in [0, 0.1) is 13.8 Å². The second-order valence-corrected chi connectivity index (χ2v) is 5.94. The Labute approximate surface area is 126 Å². The molecule has 0 bridgehead atoms. The van der Waals surface area contributed by atoms with Gasteiger partial charge in [-0.3, -0.25) is 0 Å². The molecule has 0 amide bonds. The first-order valence-corrected chi connectivity index (χ1v) is 7.63. The van der Waals surface area contributed by atoms with Gasteiger partial charge in [0.15, 0.2) is 0 Å². The maximum Gasteiger partial charge on any atom is 0.122 e. The number of fused-ring (bicyclic) bond motifs is 1. The molecule has 0 radical (unpaired) electrons. The van der Waals surface area contributed by atoms with E-state index >= 15 is 0 Å². The van der Waals surface area contributed by atoms with Gasteiger partial charge in [-0.2, -0.15) is 0 Å². The van der Waals surface area contributed by atoms with Gasteiger partial charge in [-0.1, -0.05) is 30.3 Å². The largest absolute Gasteiger partial charge is 0.493 e. The van der Waals surface area contributed by atoms with E-state index in [1.165, 1.54) is 22.3 Å². The third-order valence-corrected chi connectivity index (χ3v) is 4.38. The minimum atomic E-state index is -0.395. The molecule has 2 aromatic rings. The number of aliphatic hydroxyl groups is 1. The molecule has 1 N–H and O–H groups in total. The minimum absolute atomic E-state index is 0.395. The second kappa shape index (κ2) is 5.90. The van der Waals surface area contributed by atoms with Crippen molar-refractivity contribution in [2.45, 2.75) is 39.2 Å². The minimum Gasteiger partial charge on any atom is -0.493 e. The average molecular weight is 282 g/mol. The van der Waals surface area contributed by atoms with Crippen molar-refractivity contribution in [3.05, 3.63) is 64.2 Å². The van der Waals surface area contributed by atoms with Gasteiger partial charge in [0.1, 0.15) is 5.75 Å². The van der Waals surface area contributed by atoms with E-state index in [0.717, 1.165) is 37.2 Å². The van der Waals surface area contributed by atoms with E-state index in [9.17, 15) is 5.11 Å². The maximum absolute atomic E-state index is 10.4. The summed E-state index contributed by atoms with van der Waals surface area (Å²) in [5.41, 5.74) is 6.10. The second-order valence-electron chi connectivity index (χ2n) is 5.94. The summed E-state index contributed by atoms with van der Waals surface area (Å²) in [7, 11) is 0. The Morgan fingerprint density at radius 1 is 1.10 bits per heavy atom. The van der Waals surface area contributed by atoms with Gasteiger partial charge in [0.05, 0.1) is 12.7 Å². The highest BCUT2D eigenvalue weighted by atomic mass is 16.5. The summed E-state index contributed by atoms with van der Waals surface area (Å²) in [6.45, 7) is 4.98.